The number of rotatable bonds is 2. The van der Waals surface area contributed by atoms with Gasteiger partial charge in [0.05, 0.1) is 10.0 Å². The lowest BCUT2D eigenvalue weighted by atomic mass is 10.2. The van der Waals surface area contributed by atoms with Crippen LogP contribution in [0, 0.1) is 5.82 Å². The second-order valence-corrected chi connectivity index (χ2v) is 7.66. The third kappa shape index (κ3) is 2.94. The molecule has 8 heteroatoms. The Hall–Kier alpha value is -0.400. The summed E-state index contributed by atoms with van der Waals surface area (Å²) in [5.41, 5.74) is 0. The van der Waals surface area contributed by atoms with Crippen LogP contribution in [0.2, 0.25) is 10.0 Å². The Morgan fingerprint density at radius 1 is 1.25 bits per heavy atom. The largest absolute Gasteiger partial charge is 0.309 e. The summed E-state index contributed by atoms with van der Waals surface area (Å²) >= 11 is 11.4. The molecule has 0 radical (unpaired) electrons. The van der Waals surface area contributed by atoms with E-state index >= 15 is 0 Å². The summed E-state index contributed by atoms with van der Waals surface area (Å²) in [6, 6.07) is 2.47. The van der Waals surface area contributed by atoms with Crippen molar-refractivity contribution >= 4 is 33.2 Å². The smallest absolute Gasteiger partial charge is 0.244 e. The maximum Gasteiger partial charge on any atom is 0.244 e. The zero-order valence-corrected chi connectivity index (χ0v) is 13.4. The van der Waals surface area contributed by atoms with Crippen LogP contribution in [0.4, 0.5) is 4.39 Å². The van der Waals surface area contributed by atoms with Crippen LogP contribution < -0.4 is 5.32 Å². The maximum absolute atomic E-state index is 13.7. The third-order valence-electron chi connectivity index (χ3n) is 3.14. The molecule has 0 aliphatic carbocycles. The molecule has 0 spiro atoms. The Morgan fingerprint density at radius 3 is 2.35 bits per heavy atom. The molecular formula is C12H15Cl2FN2O2S. The highest BCUT2D eigenvalue weighted by Gasteiger charge is 2.33. The number of halogens is 3. The Labute approximate surface area is 127 Å². The van der Waals surface area contributed by atoms with Crippen molar-refractivity contribution in [2.75, 3.05) is 13.1 Å². The molecule has 2 unspecified atom stereocenters. The minimum Gasteiger partial charge on any atom is -0.309 e. The van der Waals surface area contributed by atoms with Gasteiger partial charge in [-0.15, -0.1) is 0 Å². The Bertz CT molecular complexity index is 614. The van der Waals surface area contributed by atoms with Crippen molar-refractivity contribution in [3.05, 3.63) is 28.0 Å². The lowest BCUT2D eigenvalue weighted by Gasteiger charge is -2.35. The van der Waals surface area contributed by atoms with Gasteiger partial charge in [0.2, 0.25) is 10.0 Å². The molecule has 2 atom stereocenters. The van der Waals surface area contributed by atoms with Crippen LogP contribution in [0.5, 0.6) is 0 Å². The lowest BCUT2D eigenvalue weighted by Crippen LogP contribution is -2.55. The second kappa shape index (κ2) is 5.77. The molecule has 1 aliphatic rings. The van der Waals surface area contributed by atoms with E-state index in [1.165, 1.54) is 16.4 Å². The molecule has 1 aromatic rings. The number of nitrogens with one attached hydrogen (secondary N) is 1. The summed E-state index contributed by atoms with van der Waals surface area (Å²) in [5.74, 6) is -0.911. The van der Waals surface area contributed by atoms with Crippen molar-refractivity contribution in [3.8, 4) is 0 Å². The Kier molecular flexibility index (Phi) is 4.61. The molecule has 112 valence electrons. The normalized spacial score (nSPS) is 24.9. The molecule has 1 aromatic carbocycles. The quantitative estimate of drug-likeness (QED) is 0.841. The fourth-order valence-electron chi connectivity index (χ4n) is 2.32. The molecule has 4 nitrogen and oxygen atoms in total. The van der Waals surface area contributed by atoms with Gasteiger partial charge in [-0.2, -0.15) is 4.31 Å². The lowest BCUT2D eigenvalue weighted by molar-refractivity contribution is 0.263. The van der Waals surface area contributed by atoms with Crippen LogP contribution >= 0.6 is 23.2 Å². The average molecular weight is 341 g/mol. The molecular weight excluding hydrogens is 326 g/mol. The fraction of sp³-hybridized carbons (Fsp3) is 0.500. The van der Waals surface area contributed by atoms with Crippen molar-refractivity contribution in [3.63, 3.8) is 0 Å². The van der Waals surface area contributed by atoms with Gasteiger partial charge in [0.25, 0.3) is 0 Å². The highest BCUT2D eigenvalue weighted by molar-refractivity contribution is 7.89. The second-order valence-electron chi connectivity index (χ2n) is 4.96. The van der Waals surface area contributed by atoms with E-state index in [1.54, 1.807) is 0 Å². The number of piperazine rings is 1. The summed E-state index contributed by atoms with van der Waals surface area (Å²) in [6.07, 6.45) is 0. The van der Waals surface area contributed by atoms with Crippen LogP contribution in [0.25, 0.3) is 0 Å². The third-order valence-corrected chi connectivity index (χ3v) is 5.79. The average Bonchev–Trinajstić information content (AvgIpc) is 2.34. The molecule has 0 aromatic heterocycles. The standard InChI is InChI=1S/C12H15Cl2FN2O2S/c1-7-5-17(6-8(2)16-7)20(18,19)10-4-3-9(13)12(15)11(10)14/h3-4,7-8,16H,5-6H2,1-2H3. The Balaban J connectivity index is 2.43. The molecule has 1 fully saturated rings. The first-order chi connectivity index (χ1) is 9.23. The number of sulfonamides is 1. The van der Waals surface area contributed by atoms with Crippen LogP contribution in [-0.2, 0) is 10.0 Å². The van der Waals surface area contributed by atoms with E-state index in [1.807, 2.05) is 13.8 Å². The highest BCUT2D eigenvalue weighted by atomic mass is 35.5. The van der Waals surface area contributed by atoms with Gasteiger partial charge in [0.15, 0.2) is 5.82 Å². The van der Waals surface area contributed by atoms with Crippen molar-refractivity contribution in [1.29, 1.82) is 0 Å². The van der Waals surface area contributed by atoms with E-state index in [2.05, 4.69) is 5.32 Å². The topological polar surface area (TPSA) is 49.4 Å². The predicted octanol–water partition coefficient (Wildman–Crippen LogP) is 2.50. The van der Waals surface area contributed by atoms with Gasteiger partial charge in [0, 0.05) is 25.2 Å². The number of nitrogens with zero attached hydrogens (tertiary/aromatic N) is 1. The van der Waals surface area contributed by atoms with E-state index < -0.39 is 20.9 Å². The number of hydrogen-bond acceptors (Lipinski definition) is 3. The Morgan fingerprint density at radius 2 is 1.80 bits per heavy atom. The predicted molar refractivity (Wildman–Crippen MR) is 77.2 cm³/mol. The zero-order chi connectivity index (χ0) is 15.1. The summed E-state index contributed by atoms with van der Waals surface area (Å²) in [5, 5.41) is 2.57. The van der Waals surface area contributed by atoms with Crippen molar-refractivity contribution in [2.45, 2.75) is 30.8 Å². The zero-order valence-electron chi connectivity index (χ0n) is 11.0. The van der Waals surface area contributed by atoms with Crippen LogP contribution in [0.15, 0.2) is 17.0 Å². The minimum atomic E-state index is -3.84. The van der Waals surface area contributed by atoms with Gasteiger partial charge in [-0.1, -0.05) is 23.2 Å². The summed E-state index contributed by atoms with van der Waals surface area (Å²) in [7, 11) is -3.84. The van der Waals surface area contributed by atoms with E-state index in [4.69, 9.17) is 23.2 Å². The molecule has 0 bridgehead atoms. The summed E-state index contributed by atoms with van der Waals surface area (Å²) in [6.45, 7) is 4.41. The first-order valence-corrected chi connectivity index (χ1v) is 8.32. The van der Waals surface area contributed by atoms with Crippen molar-refractivity contribution in [2.24, 2.45) is 0 Å². The van der Waals surface area contributed by atoms with Crippen LogP contribution in [0.1, 0.15) is 13.8 Å². The van der Waals surface area contributed by atoms with E-state index in [-0.39, 0.29) is 22.0 Å². The summed E-state index contributed by atoms with van der Waals surface area (Å²) < 4.78 is 40.1. The van der Waals surface area contributed by atoms with Gasteiger partial charge in [-0.25, -0.2) is 12.8 Å². The first kappa shape index (κ1) is 16.0. The molecule has 0 saturated carbocycles. The molecule has 1 heterocycles. The van der Waals surface area contributed by atoms with E-state index in [9.17, 15) is 12.8 Å². The van der Waals surface area contributed by atoms with Gasteiger partial charge in [0.1, 0.15) is 4.90 Å². The molecule has 2 rings (SSSR count). The minimum absolute atomic E-state index is 0.0180. The maximum atomic E-state index is 13.7. The first-order valence-electron chi connectivity index (χ1n) is 6.13. The monoisotopic (exact) mass is 340 g/mol. The SMILES string of the molecule is CC1CN(S(=O)(=O)c2ccc(Cl)c(F)c2Cl)CC(C)N1. The molecule has 1 aliphatic heterocycles. The number of hydrogen-bond donors (Lipinski definition) is 1. The molecule has 20 heavy (non-hydrogen) atoms. The number of benzene rings is 1. The van der Waals surface area contributed by atoms with E-state index in [0.717, 1.165) is 0 Å². The molecule has 0 amide bonds. The van der Waals surface area contributed by atoms with Crippen LogP contribution in [0.3, 0.4) is 0 Å². The molecule has 1 N–H and O–H groups in total. The van der Waals surface area contributed by atoms with Crippen molar-refractivity contribution in [1.82, 2.24) is 9.62 Å². The highest BCUT2D eigenvalue weighted by Crippen LogP contribution is 2.31. The van der Waals surface area contributed by atoms with Crippen molar-refractivity contribution < 1.29 is 12.8 Å². The van der Waals surface area contributed by atoms with Gasteiger partial charge in [-0.3, -0.25) is 0 Å². The van der Waals surface area contributed by atoms with Crippen LogP contribution in [-0.4, -0.2) is 37.9 Å². The summed E-state index contributed by atoms with van der Waals surface area (Å²) in [4.78, 5) is -0.248. The van der Waals surface area contributed by atoms with Gasteiger partial charge in [-0.05, 0) is 26.0 Å². The fourth-order valence-corrected chi connectivity index (χ4v) is 4.66. The van der Waals surface area contributed by atoms with E-state index in [0.29, 0.717) is 13.1 Å². The molecule has 1 saturated heterocycles. The van der Waals surface area contributed by atoms with Gasteiger partial charge >= 0.3 is 0 Å². The van der Waals surface area contributed by atoms with Gasteiger partial charge < -0.3 is 5.32 Å².